The summed E-state index contributed by atoms with van der Waals surface area (Å²) in [5.41, 5.74) is 7.07. The molecule has 1 atom stereocenters. The quantitative estimate of drug-likeness (QED) is 0.649. The Morgan fingerprint density at radius 1 is 1.23 bits per heavy atom. The lowest BCUT2D eigenvalue weighted by Gasteiger charge is -2.55. The minimum atomic E-state index is -3.45. The van der Waals surface area contributed by atoms with Gasteiger partial charge in [0, 0.05) is 17.6 Å². The van der Waals surface area contributed by atoms with Crippen LogP contribution in [0, 0.1) is 5.82 Å². The molecule has 0 spiro atoms. The Kier molecular flexibility index (Phi) is 5.76. The van der Waals surface area contributed by atoms with E-state index in [4.69, 9.17) is 17.3 Å². The molecule has 4 N–H and O–H groups in total. The Bertz CT molecular complexity index is 793. The van der Waals surface area contributed by atoms with Gasteiger partial charge < -0.3 is 5.73 Å². The summed E-state index contributed by atoms with van der Waals surface area (Å²) >= 11 is 6.14. The van der Waals surface area contributed by atoms with Crippen LogP contribution in [0.3, 0.4) is 0 Å². The first-order valence-corrected chi connectivity index (χ1v) is 10.3. The molecule has 8 heteroatoms. The minimum absolute atomic E-state index is 0.117. The van der Waals surface area contributed by atoms with Crippen molar-refractivity contribution in [1.29, 1.82) is 0 Å². The lowest BCUT2D eigenvalue weighted by molar-refractivity contribution is 0.269. The van der Waals surface area contributed by atoms with Crippen molar-refractivity contribution in [2.24, 2.45) is 5.73 Å². The van der Waals surface area contributed by atoms with E-state index in [2.05, 4.69) is 0 Å². The highest BCUT2D eigenvalue weighted by molar-refractivity contribution is 8.23. The number of hydrogen-bond acceptors (Lipinski definition) is 5. The molecule has 1 unspecified atom stereocenters. The smallest absolute Gasteiger partial charge is 0.148 e. The van der Waals surface area contributed by atoms with Gasteiger partial charge in [0.05, 0.1) is 11.4 Å². The summed E-state index contributed by atoms with van der Waals surface area (Å²) in [5, 5.41) is 0.546. The van der Waals surface area contributed by atoms with Gasteiger partial charge in [-0.05, 0) is 73.2 Å². The first kappa shape index (κ1) is 19.4. The van der Waals surface area contributed by atoms with Gasteiger partial charge in [-0.3, -0.25) is 9.11 Å². The van der Waals surface area contributed by atoms with Crippen LogP contribution in [0.5, 0.6) is 0 Å². The maximum absolute atomic E-state index is 14.5. The summed E-state index contributed by atoms with van der Waals surface area (Å²) in [6.45, 7) is 2.75. The van der Waals surface area contributed by atoms with Crippen LogP contribution >= 0.6 is 22.6 Å². The average molecular weight is 400 g/mol. The van der Waals surface area contributed by atoms with Crippen LogP contribution in [0.15, 0.2) is 42.5 Å². The van der Waals surface area contributed by atoms with Crippen molar-refractivity contribution in [2.75, 3.05) is 10.8 Å². The lowest BCUT2D eigenvalue weighted by atomic mass is 10.1. The maximum atomic E-state index is 14.5. The summed E-state index contributed by atoms with van der Waals surface area (Å²) in [5.74, 6) is -0.523. The van der Waals surface area contributed by atoms with Crippen molar-refractivity contribution in [3.8, 4) is 0 Å². The molecule has 0 fully saturated rings. The molecular formula is C18H23ClFN3O2S. The zero-order valence-electron chi connectivity index (χ0n) is 14.5. The molecule has 2 aromatic rings. The van der Waals surface area contributed by atoms with Gasteiger partial charge in [-0.2, -0.15) is 4.31 Å². The normalized spacial score (nSPS) is 19.1. The zero-order chi connectivity index (χ0) is 18.9. The van der Waals surface area contributed by atoms with Gasteiger partial charge in [0.25, 0.3) is 0 Å². The molecule has 3 rings (SSSR count). The largest absolute Gasteiger partial charge is 0.330 e. The van der Waals surface area contributed by atoms with Gasteiger partial charge in [0.1, 0.15) is 5.82 Å². The van der Waals surface area contributed by atoms with Crippen LogP contribution in [-0.4, -0.2) is 26.0 Å². The fourth-order valence-corrected chi connectivity index (χ4v) is 5.36. The van der Waals surface area contributed by atoms with Gasteiger partial charge >= 0.3 is 0 Å². The van der Waals surface area contributed by atoms with E-state index < -0.39 is 16.8 Å². The first-order valence-electron chi connectivity index (χ1n) is 8.44. The van der Waals surface area contributed by atoms with E-state index in [0.717, 1.165) is 12.0 Å². The molecule has 26 heavy (non-hydrogen) atoms. The molecule has 142 valence electrons. The predicted octanol–water partition coefficient (Wildman–Crippen LogP) is 5.14. The molecular weight excluding hydrogens is 377 g/mol. The first-order chi connectivity index (χ1) is 12.4. The molecule has 1 heterocycles. The second kappa shape index (κ2) is 7.72. The van der Waals surface area contributed by atoms with E-state index in [0.29, 0.717) is 30.2 Å². The number of fused-ring (bicyclic) bond motifs is 1. The number of para-hydroxylation sites is 1. The third-order valence-corrected chi connectivity index (χ3v) is 6.77. The van der Waals surface area contributed by atoms with Crippen molar-refractivity contribution in [2.45, 2.75) is 32.4 Å². The molecule has 0 aromatic heterocycles. The number of hydrogen-bond donors (Lipinski definition) is 3. The van der Waals surface area contributed by atoms with Crippen LogP contribution in [0.2, 0.25) is 5.02 Å². The summed E-state index contributed by atoms with van der Waals surface area (Å²) in [6.07, 6.45) is 1.46. The molecule has 2 aromatic carbocycles. The van der Waals surface area contributed by atoms with Crippen LogP contribution in [0.1, 0.15) is 25.3 Å². The summed E-state index contributed by atoms with van der Waals surface area (Å²) in [6, 6.07) is 11.1. The minimum Gasteiger partial charge on any atom is -0.330 e. The van der Waals surface area contributed by atoms with Crippen molar-refractivity contribution >= 4 is 33.9 Å². The summed E-state index contributed by atoms with van der Waals surface area (Å²) in [7, 11) is -3.45. The molecule has 0 saturated heterocycles. The second-order valence-corrected chi connectivity index (χ2v) is 8.61. The monoisotopic (exact) mass is 399 g/mol. The Labute approximate surface area is 159 Å². The number of benzene rings is 2. The highest BCUT2D eigenvalue weighted by Gasteiger charge is 2.41. The lowest BCUT2D eigenvalue weighted by Crippen LogP contribution is -2.45. The van der Waals surface area contributed by atoms with Gasteiger partial charge in [-0.1, -0.05) is 23.7 Å². The Morgan fingerprint density at radius 3 is 2.65 bits per heavy atom. The standard InChI is InChI=1S/C18H23ClFN3O2S/c1-13(5-4-10-21)22-12-14-11-15(19)8-9-17(14)23(26(22,24)25)18-7-3-2-6-16(18)20/h2-3,6-9,11,13,24-25H,4-5,10,12,21H2,1H3. The van der Waals surface area contributed by atoms with E-state index in [9.17, 15) is 13.5 Å². The summed E-state index contributed by atoms with van der Waals surface area (Å²) < 4.78 is 39.6. The zero-order valence-corrected chi connectivity index (χ0v) is 16.1. The van der Waals surface area contributed by atoms with Crippen molar-refractivity contribution < 1.29 is 13.5 Å². The van der Waals surface area contributed by atoms with Crippen LogP contribution in [0.4, 0.5) is 15.8 Å². The van der Waals surface area contributed by atoms with E-state index in [1.54, 1.807) is 34.6 Å². The van der Waals surface area contributed by atoms with Crippen LogP contribution in [-0.2, 0) is 6.54 Å². The number of nitrogens with zero attached hydrogens (tertiary/aromatic N) is 2. The van der Waals surface area contributed by atoms with E-state index in [1.807, 2.05) is 6.92 Å². The van der Waals surface area contributed by atoms with E-state index in [-0.39, 0.29) is 11.7 Å². The second-order valence-electron chi connectivity index (χ2n) is 6.36. The van der Waals surface area contributed by atoms with Gasteiger partial charge in [-0.15, -0.1) is 0 Å². The third kappa shape index (κ3) is 3.55. The molecule has 0 aliphatic carbocycles. The molecule has 0 amide bonds. The molecule has 5 nitrogen and oxygen atoms in total. The number of rotatable bonds is 5. The number of nitrogens with two attached hydrogens (primary N) is 1. The third-order valence-electron chi connectivity index (χ3n) is 4.53. The maximum Gasteiger partial charge on any atom is 0.148 e. The molecule has 0 bridgehead atoms. The average Bonchev–Trinajstić information content (AvgIpc) is 2.60. The fraction of sp³-hybridized carbons (Fsp3) is 0.333. The van der Waals surface area contributed by atoms with E-state index >= 15 is 0 Å². The Hall–Kier alpha value is -1.35. The Morgan fingerprint density at radius 2 is 1.96 bits per heavy atom. The molecule has 0 radical (unpaired) electrons. The fourth-order valence-electron chi connectivity index (χ4n) is 3.20. The van der Waals surface area contributed by atoms with Crippen LogP contribution in [0.25, 0.3) is 0 Å². The predicted molar refractivity (Wildman–Crippen MR) is 106 cm³/mol. The van der Waals surface area contributed by atoms with Crippen molar-refractivity contribution in [1.82, 2.24) is 4.31 Å². The van der Waals surface area contributed by atoms with Gasteiger partial charge in [0.2, 0.25) is 0 Å². The molecule has 1 aliphatic heterocycles. The molecule has 0 saturated carbocycles. The highest BCUT2D eigenvalue weighted by atomic mass is 35.5. The number of halogens is 2. The Balaban J connectivity index is 2.12. The highest BCUT2D eigenvalue weighted by Crippen LogP contribution is 2.60. The van der Waals surface area contributed by atoms with Gasteiger partial charge in [-0.25, -0.2) is 8.70 Å². The molecule has 1 aliphatic rings. The van der Waals surface area contributed by atoms with E-state index in [1.165, 1.54) is 16.4 Å². The SMILES string of the molecule is CC(CCCN)N1Cc2cc(Cl)ccc2N(c2ccccc2F)S1(O)O. The van der Waals surface area contributed by atoms with Crippen molar-refractivity contribution in [3.05, 3.63) is 58.9 Å². The van der Waals surface area contributed by atoms with Gasteiger partial charge in [0.15, 0.2) is 0 Å². The van der Waals surface area contributed by atoms with Crippen molar-refractivity contribution in [3.63, 3.8) is 0 Å². The van der Waals surface area contributed by atoms with Crippen LogP contribution < -0.4 is 10.0 Å². The summed E-state index contributed by atoms with van der Waals surface area (Å²) in [4.78, 5) is 0. The number of anilines is 2. The topological polar surface area (TPSA) is 73.0 Å².